The van der Waals surface area contributed by atoms with E-state index in [0.717, 1.165) is 26.1 Å². The largest absolute Gasteiger partial charge is 0.331 e. The maximum absolute atomic E-state index is 6.05. The molecule has 1 rings (SSSR count). The number of nitrogens with two attached hydrogens (primary N) is 1. The highest BCUT2D eigenvalue weighted by Gasteiger charge is 2.21. The Balaban J connectivity index is 2.78. The van der Waals surface area contributed by atoms with Crippen LogP contribution in [0, 0.1) is 0 Å². The molecule has 1 aromatic rings. The van der Waals surface area contributed by atoms with Crippen molar-refractivity contribution in [3.8, 4) is 0 Å². The van der Waals surface area contributed by atoms with Crippen LogP contribution in [0.1, 0.15) is 45.0 Å². The van der Waals surface area contributed by atoms with E-state index in [2.05, 4.69) is 54.2 Å². The van der Waals surface area contributed by atoms with Gasteiger partial charge in [-0.2, -0.15) is 0 Å². The second-order valence-electron chi connectivity index (χ2n) is 5.86. The van der Waals surface area contributed by atoms with E-state index in [0.29, 0.717) is 12.6 Å². The monoisotopic (exact) mass is 281 g/mol. The molecule has 0 radical (unpaired) electrons. The van der Waals surface area contributed by atoms with Crippen molar-refractivity contribution in [1.29, 1.82) is 0 Å². The van der Waals surface area contributed by atoms with Gasteiger partial charge in [-0.3, -0.25) is 4.90 Å². The predicted octanol–water partition coefficient (Wildman–Crippen LogP) is 1.74. The Labute approximate surface area is 123 Å². The summed E-state index contributed by atoms with van der Waals surface area (Å²) in [4.78, 5) is 8.99. The van der Waals surface area contributed by atoms with Gasteiger partial charge in [-0.25, -0.2) is 4.98 Å². The Morgan fingerprint density at radius 1 is 1.30 bits per heavy atom. The zero-order chi connectivity index (χ0) is 15.1. The Morgan fingerprint density at radius 3 is 2.50 bits per heavy atom. The molecule has 20 heavy (non-hydrogen) atoms. The molecule has 2 N–H and O–H groups in total. The van der Waals surface area contributed by atoms with Crippen LogP contribution >= 0.6 is 0 Å². The highest BCUT2D eigenvalue weighted by Crippen LogP contribution is 2.22. The topological polar surface area (TPSA) is 50.3 Å². The second kappa shape index (κ2) is 8.39. The fraction of sp³-hybridized carbons (Fsp3) is 0.800. The third kappa shape index (κ3) is 4.58. The van der Waals surface area contributed by atoms with Gasteiger partial charge in [-0.05, 0) is 47.5 Å². The van der Waals surface area contributed by atoms with E-state index in [1.165, 1.54) is 5.69 Å². The van der Waals surface area contributed by atoms with Crippen molar-refractivity contribution in [2.75, 3.05) is 40.3 Å². The van der Waals surface area contributed by atoms with E-state index in [-0.39, 0.29) is 6.04 Å². The summed E-state index contributed by atoms with van der Waals surface area (Å²) >= 11 is 0. The van der Waals surface area contributed by atoms with Gasteiger partial charge in [0.05, 0.1) is 18.1 Å². The maximum Gasteiger partial charge on any atom is 0.0951 e. The summed E-state index contributed by atoms with van der Waals surface area (Å²) < 4.78 is 2.23. The highest BCUT2D eigenvalue weighted by molar-refractivity contribution is 5.07. The molecule has 0 aliphatic rings. The number of rotatable bonds is 9. The van der Waals surface area contributed by atoms with Crippen molar-refractivity contribution in [1.82, 2.24) is 19.4 Å². The van der Waals surface area contributed by atoms with Crippen LogP contribution in [0.25, 0.3) is 0 Å². The molecule has 5 nitrogen and oxygen atoms in total. The summed E-state index contributed by atoms with van der Waals surface area (Å²) in [6.07, 6.45) is 5.04. The SMILES string of the molecule is CCN(CCCN(C)C)C(CN)c1cncn1C(C)C. The molecule has 1 aromatic heterocycles. The van der Waals surface area contributed by atoms with Crippen molar-refractivity contribution < 1.29 is 0 Å². The van der Waals surface area contributed by atoms with E-state index in [1.54, 1.807) is 0 Å². The van der Waals surface area contributed by atoms with Gasteiger partial charge in [0.2, 0.25) is 0 Å². The summed E-state index contributed by atoms with van der Waals surface area (Å²) in [5, 5.41) is 0. The molecule has 5 heteroatoms. The van der Waals surface area contributed by atoms with Crippen LogP contribution < -0.4 is 5.73 Å². The van der Waals surface area contributed by atoms with Crippen molar-refractivity contribution in [2.45, 2.75) is 39.3 Å². The molecule has 0 aliphatic heterocycles. The second-order valence-corrected chi connectivity index (χ2v) is 5.86. The first-order valence-electron chi connectivity index (χ1n) is 7.61. The van der Waals surface area contributed by atoms with Crippen LogP contribution in [-0.2, 0) is 0 Å². The zero-order valence-corrected chi connectivity index (χ0v) is 13.7. The molecule has 0 fully saturated rings. The van der Waals surface area contributed by atoms with E-state index < -0.39 is 0 Å². The van der Waals surface area contributed by atoms with E-state index >= 15 is 0 Å². The Hall–Kier alpha value is -0.910. The van der Waals surface area contributed by atoms with E-state index in [4.69, 9.17) is 5.73 Å². The molecule has 1 heterocycles. The Morgan fingerprint density at radius 2 is 2.00 bits per heavy atom. The van der Waals surface area contributed by atoms with Gasteiger partial charge in [-0.15, -0.1) is 0 Å². The molecule has 0 saturated heterocycles. The number of nitrogens with zero attached hydrogens (tertiary/aromatic N) is 4. The van der Waals surface area contributed by atoms with Crippen LogP contribution in [0.3, 0.4) is 0 Å². The lowest BCUT2D eigenvalue weighted by atomic mass is 10.1. The molecule has 116 valence electrons. The first-order valence-corrected chi connectivity index (χ1v) is 7.61. The molecule has 0 bridgehead atoms. The lowest BCUT2D eigenvalue weighted by Crippen LogP contribution is -2.36. The van der Waals surface area contributed by atoms with Crippen LogP contribution in [0.4, 0.5) is 0 Å². The van der Waals surface area contributed by atoms with Crippen molar-refractivity contribution >= 4 is 0 Å². The smallest absolute Gasteiger partial charge is 0.0951 e. The van der Waals surface area contributed by atoms with Gasteiger partial charge in [0, 0.05) is 25.3 Å². The van der Waals surface area contributed by atoms with Gasteiger partial charge < -0.3 is 15.2 Å². The summed E-state index contributed by atoms with van der Waals surface area (Å²) in [6, 6.07) is 0.675. The van der Waals surface area contributed by atoms with Gasteiger partial charge in [0.1, 0.15) is 0 Å². The van der Waals surface area contributed by atoms with Gasteiger partial charge in [-0.1, -0.05) is 6.92 Å². The first-order chi connectivity index (χ1) is 9.51. The predicted molar refractivity (Wildman–Crippen MR) is 84.8 cm³/mol. The lowest BCUT2D eigenvalue weighted by Gasteiger charge is -2.31. The number of likely N-dealkylation sites (N-methyl/N-ethyl adjacent to an activating group) is 1. The van der Waals surface area contributed by atoms with Gasteiger partial charge >= 0.3 is 0 Å². The lowest BCUT2D eigenvalue weighted by molar-refractivity contribution is 0.193. The van der Waals surface area contributed by atoms with Crippen molar-refractivity contribution in [3.05, 3.63) is 18.2 Å². The van der Waals surface area contributed by atoms with E-state index in [9.17, 15) is 0 Å². The standard InChI is InChI=1S/C15H31N5/c1-6-19(9-7-8-18(4)5)14(10-16)15-11-17-12-20(15)13(2)3/h11-14H,6-10,16H2,1-5H3. The van der Waals surface area contributed by atoms with Crippen LogP contribution in [0.15, 0.2) is 12.5 Å². The summed E-state index contributed by atoms with van der Waals surface area (Å²) in [5.74, 6) is 0. The van der Waals surface area contributed by atoms with E-state index in [1.807, 2.05) is 12.5 Å². The summed E-state index contributed by atoms with van der Waals surface area (Å²) in [7, 11) is 4.23. The molecule has 1 unspecified atom stereocenters. The van der Waals surface area contributed by atoms with Crippen molar-refractivity contribution in [2.24, 2.45) is 5.73 Å². The fourth-order valence-corrected chi connectivity index (χ4v) is 2.59. The Bertz CT molecular complexity index is 372. The molecule has 0 aliphatic carbocycles. The molecule has 0 saturated carbocycles. The summed E-state index contributed by atoms with van der Waals surface area (Å²) in [6.45, 7) is 10.4. The average Bonchev–Trinajstić information content (AvgIpc) is 2.86. The Kier molecular flexibility index (Phi) is 7.19. The molecule has 1 atom stereocenters. The molecule has 0 spiro atoms. The minimum absolute atomic E-state index is 0.257. The number of hydrogen-bond donors (Lipinski definition) is 1. The first kappa shape index (κ1) is 17.1. The molecular weight excluding hydrogens is 250 g/mol. The minimum Gasteiger partial charge on any atom is -0.331 e. The van der Waals surface area contributed by atoms with Gasteiger partial charge in [0.15, 0.2) is 0 Å². The number of hydrogen-bond acceptors (Lipinski definition) is 4. The molecule has 0 aromatic carbocycles. The average molecular weight is 281 g/mol. The zero-order valence-electron chi connectivity index (χ0n) is 13.7. The molecular formula is C15H31N5. The van der Waals surface area contributed by atoms with Gasteiger partial charge in [0.25, 0.3) is 0 Å². The minimum atomic E-state index is 0.257. The number of imidazole rings is 1. The highest BCUT2D eigenvalue weighted by atomic mass is 15.2. The third-order valence-corrected chi connectivity index (χ3v) is 3.71. The van der Waals surface area contributed by atoms with Crippen molar-refractivity contribution in [3.63, 3.8) is 0 Å². The van der Waals surface area contributed by atoms with Crippen LogP contribution in [-0.4, -0.2) is 59.6 Å². The molecule has 0 amide bonds. The quantitative estimate of drug-likeness (QED) is 0.749. The third-order valence-electron chi connectivity index (χ3n) is 3.71. The number of aromatic nitrogens is 2. The summed E-state index contributed by atoms with van der Waals surface area (Å²) in [5.41, 5.74) is 7.28. The fourth-order valence-electron chi connectivity index (χ4n) is 2.59. The van der Waals surface area contributed by atoms with Crippen LogP contribution in [0.2, 0.25) is 0 Å². The normalized spacial score (nSPS) is 13.7. The van der Waals surface area contributed by atoms with Crippen LogP contribution in [0.5, 0.6) is 0 Å². The maximum atomic E-state index is 6.05.